The Morgan fingerprint density at radius 2 is 1.93 bits per heavy atom. The summed E-state index contributed by atoms with van der Waals surface area (Å²) in [5, 5.41) is 7.84. The lowest BCUT2D eigenvalue weighted by atomic mass is 10.5. The number of nitrogens with zero attached hydrogens (tertiary/aromatic N) is 1. The molecular formula is C8H10N2O4P-. The fourth-order valence-electron chi connectivity index (χ4n) is 0.545. The van der Waals surface area contributed by atoms with Crippen molar-refractivity contribution in [1.82, 2.24) is 0 Å². The third-order valence-corrected chi connectivity index (χ3v) is 1.57. The SMILES string of the molecule is N#CCCOP(=O)([O-])[O-].c1cc[nH+]cc1. The van der Waals surface area contributed by atoms with E-state index in [1.165, 1.54) is 0 Å². The Morgan fingerprint density at radius 3 is 2.20 bits per heavy atom. The van der Waals surface area contributed by atoms with Gasteiger partial charge in [-0.15, -0.1) is 0 Å². The first-order chi connectivity index (χ1) is 7.06. The van der Waals surface area contributed by atoms with Crippen LogP contribution in [0.15, 0.2) is 30.6 Å². The molecule has 1 heterocycles. The molecule has 0 saturated carbocycles. The Kier molecular flexibility index (Phi) is 7.42. The number of hydrogen-bond acceptors (Lipinski definition) is 5. The van der Waals surface area contributed by atoms with Crippen molar-refractivity contribution >= 4 is 7.82 Å². The van der Waals surface area contributed by atoms with Crippen LogP contribution in [0.3, 0.4) is 0 Å². The number of nitriles is 1. The number of nitrogens with one attached hydrogen (secondary N) is 1. The summed E-state index contributed by atoms with van der Waals surface area (Å²) in [5.41, 5.74) is 0. The summed E-state index contributed by atoms with van der Waals surface area (Å²) in [6.45, 7) is -0.346. The van der Waals surface area contributed by atoms with Crippen LogP contribution in [0, 0.1) is 11.3 Å². The number of aromatic amines is 1. The van der Waals surface area contributed by atoms with Crippen molar-refractivity contribution in [1.29, 1.82) is 5.26 Å². The summed E-state index contributed by atoms with van der Waals surface area (Å²) < 4.78 is 13.3. The fraction of sp³-hybridized carbons (Fsp3) is 0.250. The van der Waals surface area contributed by atoms with Crippen molar-refractivity contribution in [2.75, 3.05) is 6.61 Å². The maximum absolute atomic E-state index is 9.65. The van der Waals surface area contributed by atoms with E-state index >= 15 is 0 Å². The molecule has 0 radical (unpaired) electrons. The first-order valence-electron chi connectivity index (χ1n) is 4.01. The number of phosphoric ester groups is 1. The summed E-state index contributed by atoms with van der Waals surface area (Å²) >= 11 is 0. The predicted molar refractivity (Wildman–Crippen MR) is 46.8 cm³/mol. The summed E-state index contributed by atoms with van der Waals surface area (Å²) in [7, 11) is -4.85. The highest BCUT2D eigenvalue weighted by atomic mass is 31.2. The van der Waals surface area contributed by atoms with Gasteiger partial charge >= 0.3 is 0 Å². The van der Waals surface area contributed by atoms with Gasteiger partial charge in [-0.2, -0.15) is 5.26 Å². The van der Waals surface area contributed by atoms with E-state index in [0.717, 1.165) is 0 Å². The van der Waals surface area contributed by atoms with Gasteiger partial charge in [0.25, 0.3) is 0 Å². The molecule has 1 aromatic rings. The molecule has 15 heavy (non-hydrogen) atoms. The maximum Gasteiger partial charge on any atom is 0.166 e. The van der Waals surface area contributed by atoms with E-state index in [0.29, 0.717) is 0 Å². The Hall–Kier alpha value is -1.25. The van der Waals surface area contributed by atoms with Gasteiger partial charge in [0.1, 0.15) is 0 Å². The molecule has 6 nitrogen and oxygen atoms in total. The number of aromatic nitrogens is 1. The molecule has 1 rings (SSSR count). The van der Waals surface area contributed by atoms with Crippen LogP contribution < -0.4 is 14.8 Å². The van der Waals surface area contributed by atoms with Crippen LogP contribution in [0.25, 0.3) is 0 Å². The fourth-order valence-corrected chi connectivity index (χ4v) is 0.860. The Labute approximate surface area is 87.4 Å². The zero-order valence-corrected chi connectivity index (χ0v) is 8.72. The topological polar surface area (TPSA) is 110 Å². The van der Waals surface area contributed by atoms with Crippen molar-refractivity contribution in [3.05, 3.63) is 30.6 Å². The van der Waals surface area contributed by atoms with E-state index < -0.39 is 7.82 Å². The molecule has 0 amide bonds. The van der Waals surface area contributed by atoms with Gasteiger partial charge in [0.2, 0.25) is 0 Å². The monoisotopic (exact) mass is 229 g/mol. The van der Waals surface area contributed by atoms with E-state index in [4.69, 9.17) is 5.26 Å². The largest absolute Gasteiger partial charge is 0.790 e. The minimum atomic E-state index is -4.85. The number of phosphoric acid groups is 1. The van der Waals surface area contributed by atoms with Crippen molar-refractivity contribution in [3.63, 3.8) is 0 Å². The Morgan fingerprint density at radius 1 is 1.33 bits per heavy atom. The summed E-state index contributed by atoms with van der Waals surface area (Å²) in [6, 6.07) is 7.47. The van der Waals surface area contributed by atoms with Gasteiger partial charge in [0, 0.05) is 12.1 Å². The summed E-state index contributed by atoms with van der Waals surface area (Å²) in [6.07, 6.45) is 3.66. The van der Waals surface area contributed by atoms with E-state index in [1.54, 1.807) is 6.07 Å². The van der Waals surface area contributed by atoms with E-state index in [2.05, 4.69) is 9.51 Å². The molecule has 0 spiro atoms. The second kappa shape index (κ2) is 8.09. The molecule has 1 aromatic heterocycles. The molecule has 0 unspecified atom stereocenters. The lowest BCUT2D eigenvalue weighted by molar-refractivity contribution is -0.378. The summed E-state index contributed by atoms with van der Waals surface area (Å²) in [5.74, 6) is 0. The highest BCUT2D eigenvalue weighted by molar-refractivity contribution is 7.43. The summed E-state index contributed by atoms with van der Waals surface area (Å²) in [4.78, 5) is 22.2. The van der Waals surface area contributed by atoms with Gasteiger partial charge in [-0.05, 0) is 0 Å². The van der Waals surface area contributed by atoms with Crippen molar-refractivity contribution < 1.29 is 23.9 Å². The molecule has 0 saturated heterocycles. The highest BCUT2D eigenvalue weighted by Gasteiger charge is 1.88. The van der Waals surface area contributed by atoms with Gasteiger partial charge in [-0.1, -0.05) is 6.07 Å². The van der Waals surface area contributed by atoms with Gasteiger partial charge in [0.15, 0.2) is 12.4 Å². The van der Waals surface area contributed by atoms with Crippen LogP contribution in [-0.2, 0) is 9.09 Å². The molecule has 0 aliphatic carbocycles. The maximum atomic E-state index is 9.65. The molecule has 0 bridgehead atoms. The molecule has 82 valence electrons. The van der Waals surface area contributed by atoms with E-state index in [1.807, 2.05) is 30.6 Å². The second-order valence-corrected chi connectivity index (χ2v) is 3.42. The van der Waals surface area contributed by atoms with Gasteiger partial charge in [-0.3, -0.25) is 0 Å². The minimum Gasteiger partial charge on any atom is -0.790 e. The van der Waals surface area contributed by atoms with E-state index in [9.17, 15) is 14.4 Å². The normalized spacial score (nSPS) is 9.67. The van der Waals surface area contributed by atoms with Crippen LogP contribution in [0.1, 0.15) is 6.42 Å². The smallest absolute Gasteiger partial charge is 0.166 e. The molecule has 7 heteroatoms. The van der Waals surface area contributed by atoms with Crippen molar-refractivity contribution in [3.8, 4) is 6.07 Å². The van der Waals surface area contributed by atoms with Crippen LogP contribution in [-0.4, -0.2) is 6.61 Å². The predicted octanol–water partition coefficient (Wildman–Crippen LogP) is -0.754. The molecule has 0 aliphatic heterocycles. The molecule has 0 fully saturated rings. The van der Waals surface area contributed by atoms with E-state index in [-0.39, 0.29) is 13.0 Å². The second-order valence-electron chi connectivity index (χ2n) is 2.27. The first kappa shape index (κ1) is 13.8. The number of rotatable bonds is 3. The lowest BCUT2D eigenvalue weighted by Crippen LogP contribution is -2.16. The van der Waals surface area contributed by atoms with Gasteiger partial charge < -0.3 is 18.9 Å². The van der Waals surface area contributed by atoms with Crippen LogP contribution in [0.4, 0.5) is 0 Å². The average molecular weight is 229 g/mol. The van der Waals surface area contributed by atoms with Crippen LogP contribution in [0.2, 0.25) is 0 Å². The number of hydrogen-bond donors (Lipinski definition) is 0. The third-order valence-electron chi connectivity index (χ3n) is 1.07. The first-order valence-corrected chi connectivity index (χ1v) is 5.47. The van der Waals surface area contributed by atoms with Gasteiger partial charge in [0.05, 0.1) is 26.9 Å². The number of pyridine rings is 1. The third kappa shape index (κ3) is 12.8. The Balaban J connectivity index is 0.000000280. The number of H-pyrrole nitrogens is 1. The molecule has 0 aromatic carbocycles. The zero-order valence-electron chi connectivity index (χ0n) is 7.83. The molecular weight excluding hydrogens is 219 g/mol. The van der Waals surface area contributed by atoms with Crippen molar-refractivity contribution in [2.24, 2.45) is 0 Å². The molecule has 1 N–H and O–H groups in total. The average Bonchev–Trinajstić information content (AvgIpc) is 2.20. The molecule has 0 aliphatic rings. The molecule has 0 atom stereocenters. The van der Waals surface area contributed by atoms with Crippen LogP contribution >= 0.6 is 7.82 Å². The highest BCUT2D eigenvalue weighted by Crippen LogP contribution is 2.23. The quantitative estimate of drug-likeness (QED) is 0.500. The van der Waals surface area contributed by atoms with Gasteiger partial charge in [-0.25, -0.2) is 4.98 Å². The van der Waals surface area contributed by atoms with Crippen molar-refractivity contribution in [2.45, 2.75) is 6.42 Å². The van der Waals surface area contributed by atoms with Crippen LogP contribution in [0.5, 0.6) is 0 Å². The zero-order chi connectivity index (χ0) is 11.6. The minimum absolute atomic E-state index is 0.0888. The Bertz CT molecular complexity index is 306. The lowest BCUT2D eigenvalue weighted by Gasteiger charge is -2.27. The standard InChI is InChI=1S/C5H5N.C3H6NO4P/c1-2-4-6-5-3-1;4-2-1-3-8-9(5,6)7/h1-5H;1,3H2,(H2,5,6,7)/p-1.